The zero-order chi connectivity index (χ0) is 22.3. The second-order valence-electron chi connectivity index (χ2n) is 10.7. The van der Waals surface area contributed by atoms with Crippen molar-refractivity contribution in [2.45, 2.75) is 90.5 Å². The number of carbonyl (C=O) groups is 3. The number of ketones is 2. The van der Waals surface area contributed by atoms with Gasteiger partial charge in [-0.05, 0) is 57.4 Å². The van der Waals surface area contributed by atoms with E-state index in [2.05, 4.69) is 0 Å². The molecule has 3 saturated carbocycles. The van der Waals surface area contributed by atoms with E-state index in [-0.39, 0.29) is 29.8 Å². The van der Waals surface area contributed by atoms with Gasteiger partial charge in [-0.15, -0.1) is 0 Å². The lowest BCUT2D eigenvalue weighted by Crippen LogP contribution is -2.70. The summed E-state index contributed by atoms with van der Waals surface area (Å²) in [6.45, 7) is 8.29. The van der Waals surface area contributed by atoms with E-state index in [0.29, 0.717) is 32.1 Å². The van der Waals surface area contributed by atoms with Gasteiger partial charge < -0.3 is 9.84 Å². The van der Waals surface area contributed by atoms with Crippen molar-refractivity contribution in [1.29, 1.82) is 0 Å². The molecule has 30 heavy (non-hydrogen) atoms. The van der Waals surface area contributed by atoms with E-state index in [4.69, 9.17) is 4.74 Å². The summed E-state index contributed by atoms with van der Waals surface area (Å²) < 4.78 is 22.8. The Bertz CT molecular complexity index is 851. The van der Waals surface area contributed by atoms with Crippen LogP contribution in [-0.2, 0) is 19.1 Å². The van der Waals surface area contributed by atoms with E-state index in [9.17, 15) is 19.5 Å². The van der Waals surface area contributed by atoms with Crippen LogP contribution < -0.4 is 0 Å². The van der Waals surface area contributed by atoms with Crippen LogP contribution in [0.1, 0.15) is 73.1 Å². The highest BCUT2D eigenvalue weighted by atomic mass is 19.1. The Hall–Kier alpha value is -1.56. The van der Waals surface area contributed by atoms with Gasteiger partial charge in [-0.3, -0.25) is 14.4 Å². The first-order valence-electron chi connectivity index (χ1n) is 11.2. The predicted octanol–water partition coefficient (Wildman–Crippen LogP) is 3.72. The van der Waals surface area contributed by atoms with Crippen LogP contribution in [0.5, 0.6) is 0 Å². The minimum Gasteiger partial charge on any atom is -0.451 e. The molecule has 0 spiro atoms. The number of hydrogen-bond acceptors (Lipinski definition) is 5. The fraction of sp³-hybridized carbons (Fsp3) is 0.792. The number of hydrogen-bond donors (Lipinski definition) is 1. The number of rotatable bonds is 2. The molecule has 0 saturated heterocycles. The lowest BCUT2D eigenvalue weighted by atomic mass is 9.43. The van der Waals surface area contributed by atoms with Crippen molar-refractivity contribution in [2.24, 2.45) is 28.6 Å². The van der Waals surface area contributed by atoms with E-state index in [1.165, 1.54) is 13.8 Å². The molecule has 8 atom stereocenters. The molecule has 4 rings (SSSR count). The Morgan fingerprint density at radius 2 is 1.83 bits per heavy atom. The third-order valence-corrected chi connectivity index (χ3v) is 9.36. The number of fused-ring (bicyclic) bond motifs is 5. The third-order valence-electron chi connectivity index (χ3n) is 9.36. The molecule has 0 heterocycles. The van der Waals surface area contributed by atoms with Gasteiger partial charge in [-0.1, -0.05) is 26.3 Å². The highest BCUT2D eigenvalue weighted by molar-refractivity contribution is 5.93. The summed E-state index contributed by atoms with van der Waals surface area (Å²) >= 11 is 0. The second kappa shape index (κ2) is 6.47. The first kappa shape index (κ1) is 21.7. The zero-order valence-electron chi connectivity index (χ0n) is 18.6. The third kappa shape index (κ3) is 2.40. The molecule has 0 aromatic heterocycles. The molecule has 0 unspecified atom stereocenters. The smallest absolute Gasteiger partial charge is 0.303 e. The molecule has 3 fully saturated rings. The Balaban J connectivity index is 1.82. The molecular weight excluding hydrogens is 387 g/mol. The summed E-state index contributed by atoms with van der Waals surface area (Å²) in [5.41, 5.74) is -4.12. The first-order valence-corrected chi connectivity index (χ1v) is 11.2. The van der Waals surface area contributed by atoms with Gasteiger partial charge in [0.15, 0.2) is 17.2 Å². The maximum Gasteiger partial charge on any atom is 0.303 e. The van der Waals surface area contributed by atoms with E-state index in [1.807, 2.05) is 20.8 Å². The fourth-order valence-corrected chi connectivity index (χ4v) is 7.94. The Labute approximate surface area is 177 Å². The number of esters is 1. The van der Waals surface area contributed by atoms with Gasteiger partial charge in [-0.2, -0.15) is 0 Å². The summed E-state index contributed by atoms with van der Waals surface area (Å²) in [6, 6.07) is 0. The topological polar surface area (TPSA) is 80.7 Å². The summed E-state index contributed by atoms with van der Waals surface area (Å²) in [5.74, 6) is -1.65. The van der Waals surface area contributed by atoms with Crippen molar-refractivity contribution >= 4 is 17.5 Å². The number of aliphatic hydroxyl groups is 1. The molecule has 5 nitrogen and oxygen atoms in total. The number of ether oxygens (including phenoxy) is 1. The van der Waals surface area contributed by atoms with Gasteiger partial charge in [0.1, 0.15) is 5.67 Å². The Morgan fingerprint density at radius 3 is 2.43 bits per heavy atom. The minimum absolute atomic E-state index is 0.0333. The number of Topliss-reactive ketones (excluding diaryl/α,β-unsaturated/α-hetero) is 1. The number of carbonyl (C=O) groups excluding carboxylic acids is 3. The minimum atomic E-state index is -1.88. The van der Waals surface area contributed by atoms with Gasteiger partial charge in [0, 0.05) is 29.6 Å². The van der Waals surface area contributed by atoms with Crippen LogP contribution in [0.3, 0.4) is 0 Å². The zero-order valence-corrected chi connectivity index (χ0v) is 18.6. The molecule has 6 heteroatoms. The van der Waals surface area contributed by atoms with Crippen molar-refractivity contribution in [3.8, 4) is 0 Å². The number of allylic oxidation sites excluding steroid dienone is 1. The lowest BCUT2D eigenvalue weighted by molar-refractivity contribution is -0.232. The summed E-state index contributed by atoms with van der Waals surface area (Å²) in [6.07, 6.45) is 2.82. The SMILES string of the molecule is CC(=O)O[C@]1(C(C)=O)CC[C@H]2[C@@H]3CCC4=CC(=O)[C@H](C)C[C@]4(C)[C@@]3(F)[C@@H](O)C[C@@]21C. The molecule has 0 aliphatic heterocycles. The van der Waals surface area contributed by atoms with Gasteiger partial charge >= 0.3 is 5.97 Å². The van der Waals surface area contributed by atoms with Crippen LogP contribution in [0.15, 0.2) is 11.6 Å². The molecule has 1 N–H and O–H groups in total. The first-order chi connectivity index (χ1) is 13.8. The van der Waals surface area contributed by atoms with Crippen molar-refractivity contribution in [3.05, 3.63) is 11.6 Å². The van der Waals surface area contributed by atoms with Gasteiger partial charge in [0.2, 0.25) is 0 Å². The van der Waals surface area contributed by atoms with Crippen LogP contribution in [0, 0.1) is 28.6 Å². The molecule has 0 bridgehead atoms. The Kier molecular flexibility index (Phi) is 4.67. The van der Waals surface area contributed by atoms with E-state index >= 15 is 4.39 Å². The van der Waals surface area contributed by atoms with Crippen molar-refractivity contribution < 1.29 is 28.6 Å². The lowest BCUT2D eigenvalue weighted by Gasteiger charge is -2.64. The highest BCUT2D eigenvalue weighted by Gasteiger charge is 2.75. The van der Waals surface area contributed by atoms with Crippen molar-refractivity contribution in [2.75, 3.05) is 0 Å². The van der Waals surface area contributed by atoms with Crippen LogP contribution in [0.4, 0.5) is 4.39 Å². The molecule has 4 aliphatic rings. The average Bonchev–Trinajstić information content (AvgIpc) is 2.91. The normalized spacial score (nSPS) is 50.1. The highest BCUT2D eigenvalue weighted by Crippen LogP contribution is 2.71. The Morgan fingerprint density at radius 1 is 1.17 bits per heavy atom. The van der Waals surface area contributed by atoms with Crippen LogP contribution >= 0.6 is 0 Å². The molecule has 0 radical (unpaired) electrons. The molecule has 166 valence electrons. The summed E-state index contributed by atoms with van der Waals surface area (Å²) in [4.78, 5) is 37.0. The predicted molar refractivity (Wildman–Crippen MR) is 108 cm³/mol. The van der Waals surface area contributed by atoms with Crippen LogP contribution in [0.25, 0.3) is 0 Å². The van der Waals surface area contributed by atoms with Gasteiger partial charge in [0.25, 0.3) is 0 Å². The van der Waals surface area contributed by atoms with E-state index in [0.717, 1.165) is 5.57 Å². The molecular formula is C24H33FO5. The molecule has 0 amide bonds. The van der Waals surface area contributed by atoms with Gasteiger partial charge in [-0.25, -0.2) is 4.39 Å². The summed E-state index contributed by atoms with van der Waals surface area (Å²) in [7, 11) is 0. The fourth-order valence-electron chi connectivity index (χ4n) is 7.94. The van der Waals surface area contributed by atoms with Crippen LogP contribution in [-0.4, -0.2) is 40.0 Å². The number of halogens is 1. The van der Waals surface area contributed by atoms with E-state index in [1.54, 1.807) is 6.08 Å². The molecule has 0 aromatic rings. The monoisotopic (exact) mass is 420 g/mol. The number of aliphatic hydroxyl groups excluding tert-OH is 1. The van der Waals surface area contributed by atoms with Gasteiger partial charge in [0.05, 0.1) is 6.10 Å². The second-order valence-corrected chi connectivity index (χ2v) is 10.7. The maximum atomic E-state index is 17.2. The number of alkyl halides is 1. The quantitative estimate of drug-likeness (QED) is 0.689. The van der Waals surface area contributed by atoms with Crippen molar-refractivity contribution in [1.82, 2.24) is 0 Å². The van der Waals surface area contributed by atoms with Crippen molar-refractivity contribution in [3.63, 3.8) is 0 Å². The van der Waals surface area contributed by atoms with E-state index < -0.39 is 40.1 Å². The molecule has 4 aliphatic carbocycles. The average molecular weight is 421 g/mol. The largest absolute Gasteiger partial charge is 0.451 e. The van der Waals surface area contributed by atoms with Crippen LogP contribution in [0.2, 0.25) is 0 Å². The maximum absolute atomic E-state index is 17.2. The molecule has 0 aromatic carbocycles. The standard InChI is InChI=1S/C24H33FO5/c1-13-11-21(4)16(10-19(13)28)6-7-18-17-8-9-23(14(2)26,30-15(3)27)22(17,5)12-20(29)24(18,21)25/h10,13,17-18,20,29H,6-9,11-12H2,1-5H3/t13-,17+,18+,20+,21+,22+,23+,24+/m1/s1. The summed E-state index contributed by atoms with van der Waals surface area (Å²) in [5, 5.41) is 11.3.